The Morgan fingerprint density at radius 2 is 1.78 bits per heavy atom. The summed E-state index contributed by atoms with van der Waals surface area (Å²) in [6, 6.07) is 3.05. The Kier molecular flexibility index (Phi) is 8.10. The molecule has 1 N–H and O–H groups in total. The van der Waals surface area contributed by atoms with Gasteiger partial charge in [0.2, 0.25) is 11.7 Å². The van der Waals surface area contributed by atoms with Gasteiger partial charge in [-0.2, -0.15) is 22.8 Å². The van der Waals surface area contributed by atoms with Crippen molar-refractivity contribution >= 4 is 42.7 Å². The van der Waals surface area contributed by atoms with Crippen molar-refractivity contribution in [3.8, 4) is 0 Å². The molecule has 2 radical (unpaired) electrons. The van der Waals surface area contributed by atoms with Crippen molar-refractivity contribution in [2.45, 2.75) is 59.4 Å². The highest BCUT2D eigenvalue weighted by Gasteiger charge is 2.32. The zero-order valence-electron chi connectivity index (χ0n) is 23.5. The van der Waals surface area contributed by atoms with Gasteiger partial charge in [0.05, 0.1) is 17.0 Å². The second kappa shape index (κ2) is 11.1. The van der Waals surface area contributed by atoms with Crippen LogP contribution in [0.1, 0.15) is 44.5 Å². The topological polar surface area (TPSA) is 114 Å². The number of fused-ring (bicyclic) bond motifs is 1. The predicted molar refractivity (Wildman–Crippen MR) is 147 cm³/mol. The lowest BCUT2D eigenvalue weighted by Gasteiger charge is -2.37. The van der Waals surface area contributed by atoms with Crippen LogP contribution in [0.25, 0.3) is 5.78 Å². The Balaban J connectivity index is 1.64. The molecule has 3 aromatic rings. The van der Waals surface area contributed by atoms with Gasteiger partial charge >= 0.3 is 12.3 Å². The van der Waals surface area contributed by atoms with Crippen LogP contribution in [-0.4, -0.2) is 75.7 Å². The Labute approximate surface area is 235 Å². The summed E-state index contributed by atoms with van der Waals surface area (Å²) in [5.74, 6) is -0.491. The molecule has 1 fully saturated rings. The van der Waals surface area contributed by atoms with E-state index in [2.05, 4.69) is 15.4 Å². The molecule has 11 nitrogen and oxygen atoms in total. The van der Waals surface area contributed by atoms with Gasteiger partial charge in [0, 0.05) is 31.9 Å². The van der Waals surface area contributed by atoms with Crippen LogP contribution in [0, 0.1) is 6.92 Å². The highest BCUT2D eigenvalue weighted by atomic mass is 19.4. The van der Waals surface area contributed by atoms with Crippen LogP contribution in [0.4, 0.5) is 29.3 Å². The third kappa shape index (κ3) is 6.49. The van der Waals surface area contributed by atoms with E-state index in [9.17, 15) is 27.6 Å². The minimum absolute atomic E-state index is 0.0554. The number of aryl methyl sites for hydroxylation is 1. The average molecular weight is 573 g/mol. The molecule has 41 heavy (non-hydrogen) atoms. The van der Waals surface area contributed by atoms with Crippen LogP contribution in [0.15, 0.2) is 23.0 Å². The number of halogens is 3. The summed E-state index contributed by atoms with van der Waals surface area (Å²) in [4.78, 5) is 46.8. The molecule has 218 valence electrons. The van der Waals surface area contributed by atoms with Crippen molar-refractivity contribution < 1.29 is 27.5 Å². The molecule has 0 atom stereocenters. The summed E-state index contributed by atoms with van der Waals surface area (Å²) in [6.07, 6.45) is -4.61. The minimum Gasteiger partial charge on any atom is -0.444 e. The lowest BCUT2D eigenvalue weighted by molar-refractivity contribution is -0.137. The van der Waals surface area contributed by atoms with Gasteiger partial charge in [0.15, 0.2) is 7.85 Å². The summed E-state index contributed by atoms with van der Waals surface area (Å²) in [6.45, 7) is 9.60. The summed E-state index contributed by atoms with van der Waals surface area (Å²) < 4.78 is 47.2. The van der Waals surface area contributed by atoms with E-state index in [0.29, 0.717) is 44.0 Å². The Hall–Kier alpha value is -4.04. The summed E-state index contributed by atoms with van der Waals surface area (Å²) in [5, 5.41) is 6.67. The van der Waals surface area contributed by atoms with Gasteiger partial charge in [0.1, 0.15) is 17.8 Å². The van der Waals surface area contributed by atoms with E-state index in [-0.39, 0.29) is 29.3 Å². The minimum atomic E-state index is -4.51. The Bertz CT molecular complexity index is 1540. The molecule has 4 rings (SSSR count). The van der Waals surface area contributed by atoms with Crippen LogP contribution in [0.3, 0.4) is 0 Å². The SMILES string of the molecule is [B]c1nc2n(CC(=O)Nc3ccc(C(F)(F)F)cc3C)c(CC)c(N3CCN(C(=O)OC(C)(C)C)CC3)c(=O)n2n1. The third-order valence-electron chi connectivity index (χ3n) is 6.55. The number of benzene rings is 1. The van der Waals surface area contributed by atoms with Crippen LogP contribution in [0.5, 0.6) is 0 Å². The van der Waals surface area contributed by atoms with E-state index in [1.54, 1.807) is 25.7 Å². The number of hydrogen-bond donors (Lipinski definition) is 1. The molecule has 0 bridgehead atoms. The summed E-state index contributed by atoms with van der Waals surface area (Å²) in [5.41, 5.74) is -0.840. The van der Waals surface area contributed by atoms with E-state index in [0.717, 1.165) is 16.6 Å². The average Bonchev–Trinajstić information content (AvgIpc) is 3.27. The van der Waals surface area contributed by atoms with Crippen molar-refractivity contribution in [2.24, 2.45) is 0 Å². The van der Waals surface area contributed by atoms with Crippen LogP contribution < -0.4 is 21.5 Å². The van der Waals surface area contributed by atoms with Gasteiger partial charge in [-0.3, -0.25) is 9.59 Å². The summed E-state index contributed by atoms with van der Waals surface area (Å²) in [7, 11) is 5.81. The fourth-order valence-corrected chi connectivity index (χ4v) is 4.70. The zero-order chi connectivity index (χ0) is 30.3. The number of piperazine rings is 1. The number of carbonyl (C=O) groups excluding carboxylic acids is 2. The Morgan fingerprint density at radius 3 is 2.34 bits per heavy atom. The molecular weight excluding hydrogens is 542 g/mol. The van der Waals surface area contributed by atoms with E-state index in [4.69, 9.17) is 12.6 Å². The Morgan fingerprint density at radius 1 is 1.12 bits per heavy atom. The van der Waals surface area contributed by atoms with Crippen molar-refractivity contribution in [2.75, 3.05) is 36.4 Å². The van der Waals surface area contributed by atoms with E-state index in [1.165, 1.54) is 17.6 Å². The zero-order valence-corrected chi connectivity index (χ0v) is 23.5. The van der Waals surface area contributed by atoms with Crippen LogP contribution in [-0.2, 0) is 28.7 Å². The first-order valence-electron chi connectivity index (χ1n) is 13.1. The molecule has 1 aliphatic heterocycles. The largest absolute Gasteiger partial charge is 0.444 e. The molecular formula is C26H31BF3N7O4. The molecule has 0 aliphatic carbocycles. The third-order valence-corrected chi connectivity index (χ3v) is 6.55. The number of nitrogens with one attached hydrogen (secondary N) is 1. The highest BCUT2D eigenvalue weighted by molar-refractivity contribution is 6.29. The van der Waals surface area contributed by atoms with Crippen molar-refractivity contribution in [3.63, 3.8) is 0 Å². The molecule has 1 aliphatic rings. The number of nitrogens with zero attached hydrogens (tertiary/aromatic N) is 6. The van der Waals surface area contributed by atoms with Gasteiger partial charge in [-0.25, -0.2) is 9.78 Å². The maximum absolute atomic E-state index is 13.6. The fraction of sp³-hybridized carbons (Fsp3) is 0.500. The number of carbonyl (C=O) groups is 2. The van der Waals surface area contributed by atoms with Gasteiger partial charge in [0.25, 0.3) is 5.56 Å². The van der Waals surface area contributed by atoms with Gasteiger partial charge < -0.3 is 24.4 Å². The second-order valence-corrected chi connectivity index (χ2v) is 10.8. The van der Waals surface area contributed by atoms with Gasteiger partial charge in [-0.15, -0.1) is 0 Å². The second-order valence-electron chi connectivity index (χ2n) is 10.8. The lowest BCUT2D eigenvalue weighted by atomic mass is 10.1. The van der Waals surface area contributed by atoms with Crippen molar-refractivity contribution in [1.82, 2.24) is 24.1 Å². The maximum Gasteiger partial charge on any atom is 0.416 e. The molecule has 0 unspecified atom stereocenters. The fourth-order valence-electron chi connectivity index (χ4n) is 4.70. The van der Waals surface area contributed by atoms with Crippen LogP contribution >= 0.6 is 0 Å². The standard InChI is InChI=1S/C26H31BF3N7O4/c1-6-18-20(34-9-11-35(12-10-34)24(40)41-25(3,4)5)21(39)37-23(32-22(27)33-37)36(18)14-19(38)31-17-8-7-16(13-15(17)2)26(28,29)30/h7-8,13H,6,9-12,14H2,1-5H3,(H,31,38). The smallest absolute Gasteiger partial charge is 0.416 e. The molecule has 1 saturated heterocycles. The van der Waals surface area contributed by atoms with Crippen molar-refractivity contribution in [3.05, 3.63) is 45.4 Å². The molecule has 1 aromatic carbocycles. The quantitative estimate of drug-likeness (QED) is 0.466. The van der Waals surface area contributed by atoms with Gasteiger partial charge in [-0.05, 0) is 57.9 Å². The number of rotatable bonds is 5. The summed E-state index contributed by atoms with van der Waals surface area (Å²) >= 11 is 0. The molecule has 0 spiro atoms. The predicted octanol–water partition coefficient (Wildman–Crippen LogP) is 2.27. The highest BCUT2D eigenvalue weighted by Crippen LogP contribution is 2.31. The lowest BCUT2D eigenvalue weighted by Crippen LogP contribution is -2.51. The number of hydrogen-bond acceptors (Lipinski definition) is 7. The van der Waals surface area contributed by atoms with E-state index in [1.807, 2.05) is 11.8 Å². The van der Waals surface area contributed by atoms with E-state index < -0.39 is 34.9 Å². The molecule has 2 amide bonds. The molecule has 3 heterocycles. The first-order valence-corrected chi connectivity index (χ1v) is 13.1. The van der Waals surface area contributed by atoms with Gasteiger partial charge in [-0.1, -0.05) is 6.92 Å². The molecule has 0 saturated carbocycles. The first-order chi connectivity index (χ1) is 19.1. The number of anilines is 2. The number of ether oxygens (including phenoxy) is 1. The number of alkyl halides is 3. The van der Waals surface area contributed by atoms with Crippen molar-refractivity contribution in [1.29, 1.82) is 0 Å². The van der Waals surface area contributed by atoms with Crippen LogP contribution in [0.2, 0.25) is 0 Å². The molecule has 2 aromatic heterocycles. The normalized spacial score (nSPS) is 14.4. The van der Waals surface area contributed by atoms with E-state index >= 15 is 0 Å². The maximum atomic E-state index is 13.6. The molecule has 15 heteroatoms. The monoisotopic (exact) mass is 573 g/mol. The number of amides is 2. The first kappa shape index (κ1) is 29.9. The number of aromatic nitrogens is 4.